The third-order valence-corrected chi connectivity index (χ3v) is 3.32. The van der Waals surface area contributed by atoms with Gasteiger partial charge in [-0.2, -0.15) is 0 Å². The van der Waals surface area contributed by atoms with E-state index in [2.05, 4.69) is 34.6 Å². The molecule has 0 aliphatic rings. The Morgan fingerprint density at radius 2 is 2.00 bits per heavy atom. The first-order valence-corrected chi connectivity index (χ1v) is 6.22. The van der Waals surface area contributed by atoms with Gasteiger partial charge in [-0.25, -0.2) is 4.98 Å². The van der Waals surface area contributed by atoms with Crippen LogP contribution in [0.25, 0.3) is 0 Å². The van der Waals surface area contributed by atoms with Crippen LogP contribution >= 0.6 is 11.3 Å². The molecule has 0 aliphatic heterocycles. The van der Waals surface area contributed by atoms with Gasteiger partial charge in [-0.1, -0.05) is 30.3 Å². The SMILES string of the molecule is COCc1csc(CCc2ccccc2)n1. The maximum Gasteiger partial charge on any atom is 0.0932 e. The number of aromatic nitrogens is 1. The van der Waals surface area contributed by atoms with E-state index in [4.69, 9.17) is 4.74 Å². The molecule has 0 radical (unpaired) electrons. The lowest BCUT2D eigenvalue weighted by Crippen LogP contribution is -1.92. The highest BCUT2D eigenvalue weighted by Gasteiger charge is 2.02. The van der Waals surface area contributed by atoms with Crippen molar-refractivity contribution in [3.63, 3.8) is 0 Å². The Kier molecular flexibility index (Phi) is 4.08. The van der Waals surface area contributed by atoms with E-state index >= 15 is 0 Å². The molecular formula is C13H15NOS. The normalized spacial score (nSPS) is 10.6. The topological polar surface area (TPSA) is 22.1 Å². The van der Waals surface area contributed by atoms with E-state index in [9.17, 15) is 0 Å². The lowest BCUT2D eigenvalue weighted by atomic mass is 10.1. The molecule has 1 aromatic carbocycles. The number of benzene rings is 1. The van der Waals surface area contributed by atoms with Crippen LogP contribution in [0.4, 0.5) is 0 Å². The number of rotatable bonds is 5. The number of aryl methyl sites for hydroxylation is 2. The molecule has 2 aromatic rings. The molecule has 0 spiro atoms. The van der Waals surface area contributed by atoms with Gasteiger partial charge in [-0.15, -0.1) is 11.3 Å². The smallest absolute Gasteiger partial charge is 0.0932 e. The fraction of sp³-hybridized carbons (Fsp3) is 0.308. The van der Waals surface area contributed by atoms with Crippen molar-refractivity contribution in [1.82, 2.24) is 4.98 Å². The Morgan fingerprint density at radius 3 is 2.75 bits per heavy atom. The van der Waals surface area contributed by atoms with Crippen molar-refractivity contribution in [3.8, 4) is 0 Å². The summed E-state index contributed by atoms with van der Waals surface area (Å²) in [6, 6.07) is 10.5. The zero-order valence-electron chi connectivity index (χ0n) is 9.35. The van der Waals surface area contributed by atoms with Crippen molar-refractivity contribution in [2.24, 2.45) is 0 Å². The molecule has 2 rings (SSSR count). The highest BCUT2D eigenvalue weighted by Crippen LogP contribution is 2.13. The molecule has 1 heterocycles. The summed E-state index contributed by atoms with van der Waals surface area (Å²) in [5.41, 5.74) is 2.40. The van der Waals surface area contributed by atoms with Gasteiger partial charge in [0.1, 0.15) is 0 Å². The lowest BCUT2D eigenvalue weighted by molar-refractivity contribution is 0.182. The minimum absolute atomic E-state index is 0.613. The van der Waals surface area contributed by atoms with Gasteiger partial charge in [0.2, 0.25) is 0 Å². The van der Waals surface area contributed by atoms with Gasteiger partial charge in [-0.3, -0.25) is 0 Å². The zero-order valence-corrected chi connectivity index (χ0v) is 10.2. The van der Waals surface area contributed by atoms with Crippen molar-refractivity contribution in [2.45, 2.75) is 19.4 Å². The van der Waals surface area contributed by atoms with Crippen LogP contribution in [0, 0.1) is 0 Å². The van der Waals surface area contributed by atoms with E-state index in [1.165, 1.54) is 10.6 Å². The van der Waals surface area contributed by atoms with Gasteiger partial charge >= 0.3 is 0 Å². The van der Waals surface area contributed by atoms with Crippen molar-refractivity contribution in [2.75, 3.05) is 7.11 Å². The number of methoxy groups -OCH3 is 1. The predicted molar refractivity (Wildman–Crippen MR) is 66.7 cm³/mol. The van der Waals surface area contributed by atoms with Crippen molar-refractivity contribution in [3.05, 3.63) is 52.0 Å². The van der Waals surface area contributed by atoms with Crippen LogP contribution in [0.3, 0.4) is 0 Å². The second-order valence-corrected chi connectivity index (χ2v) is 4.59. The number of hydrogen-bond donors (Lipinski definition) is 0. The standard InChI is InChI=1S/C13H15NOS/c1-15-9-12-10-16-13(14-12)8-7-11-5-3-2-4-6-11/h2-6,10H,7-9H2,1H3. The minimum atomic E-state index is 0.613. The molecule has 0 N–H and O–H groups in total. The van der Waals surface area contributed by atoms with Crippen LogP contribution in [0.2, 0.25) is 0 Å². The van der Waals surface area contributed by atoms with Gasteiger partial charge in [0.25, 0.3) is 0 Å². The van der Waals surface area contributed by atoms with E-state index in [1.54, 1.807) is 18.4 Å². The number of nitrogens with zero attached hydrogens (tertiary/aromatic N) is 1. The fourth-order valence-electron chi connectivity index (χ4n) is 1.57. The maximum absolute atomic E-state index is 5.05. The summed E-state index contributed by atoms with van der Waals surface area (Å²) < 4.78 is 5.05. The van der Waals surface area contributed by atoms with Crippen molar-refractivity contribution < 1.29 is 4.74 Å². The van der Waals surface area contributed by atoms with Crippen molar-refractivity contribution >= 4 is 11.3 Å². The molecule has 0 aliphatic carbocycles. The second kappa shape index (κ2) is 5.77. The molecule has 0 fully saturated rings. The van der Waals surface area contributed by atoms with Crippen LogP contribution in [0.15, 0.2) is 35.7 Å². The Morgan fingerprint density at radius 1 is 1.19 bits per heavy atom. The van der Waals surface area contributed by atoms with Crippen LogP contribution in [0.5, 0.6) is 0 Å². The first-order chi connectivity index (χ1) is 7.88. The molecule has 16 heavy (non-hydrogen) atoms. The van der Waals surface area contributed by atoms with E-state index in [1.807, 2.05) is 6.07 Å². The van der Waals surface area contributed by atoms with Gasteiger partial charge in [0.15, 0.2) is 0 Å². The number of ether oxygens (including phenoxy) is 1. The molecule has 0 saturated heterocycles. The Labute approximate surface area is 99.9 Å². The third kappa shape index (κ3) is 3.15. The molecule has 2 nitrogen and oxygen atoms in total. The van der Waals surface area contributed by atoms with Gasteiger partial charge in [-0.05, 0) is 12.0 Å². The first-order valence-electron chi connectivity index (χ1n) is 5.34. The summed E-state index contributed by atoms with van der Waals surface area (Å²) in [6.45, 7) is 0.613. The predicted octanol–water partition coefficient (Wildman–Crippen LogP) is 3.07. The monoisotopic (exact) mass is 233 g/mol. The molecule has 1 aromatic heterocycles. The molecule has 0 unspecified atom stereocenters. The molecule has 0 atom stereocenters. The van der Waals surface area contributed by atoms with Crippen LogP contribution in [-0.2, 0) is 24.2 Å². The Balaban J connectivity index is 1.89. The van der Waals surface area contributed by atoms with E-state index in [0.717, 1.165) is 18.5 Å². The summed E-state index contributed by atoms with van der Waals surface area (Å²) in [6.07, 6.45) is 2.07. The molecule has 3 heteroatoms. The molecule has 84 valence electrons. The summed E-state index contributed by atoms with van der Waals surface area (Å²) in [5.74, 6) is 0. The maximum atomic E-state index is 5.05. The average molecular weight is 233 g/mol. The summed E-state index contributed by atoms with van der Waals surface area (Å²) >= 11 is 1.72. The largest absolute Gasteiger partial charge is 0.378 e. The van der Waals surface area contributed by atoms with Gasteiger partial charge in [0, 0.05) is 18.9 Å². The molecule has 0 bridgehead atoms. The second-order valence-electron chi connectivity index (χ2n) is 3.65. The number of thiazole rings is 1. The lowest BCUT2D eigenvalue weighted by Gasteiger charge is -1.98. The summed E-state index contributed by atoms with van der Waals surface area (Å²) in [7, 11) is 1.70. The number of hydrogen-bond acceptors (Lipinski definition) is 3. The van der Waals surface area contributed by atoms with E-state index in [0.29, 0.717) is 6.61 Å². The van der Waals surface area contributed by atoms with Gasteiger partial charge in [0.05, 0.1) is 17.3 Å². The van der Waals surface area contributed by atoms with Crippen LogP contribution in [0.1, 0.15) is 16.3 Å². The van der Waals surface area contributed by atoms with Crippen molar-refractivity contribution in [1.29, 1.82) is 0 Å². The first kappa shape index (κ1) is 11.3. The summed E-state index contributed by atoms with van der Waals surface area (Å²) in [4.78, 5) is 4.51. The van der Waals surface area contributed by atoms with E-state index < -0.39 is 0 Å². The van der Waals surface area contributed by atoms with Gasteiger partial charge < -0.3 is 4.74 Å². The fourth-order valence-corrected chi connectivity index (χ4v) is 2.36. The Hall–Kier alpha value is -1.19. The quantitative estimate of drug-likeness (QED) is 0.791. The minimum Gasteiger partial charge on any atom is -0.378 e. The molecule has 0 saturated carbocycles. The molecular weight excluding hydrogens is 218 g/mol. The van der Waals surface area contributed by atoms with Crippen LogP contribution in [-0.4, -0.2) is 12.1 Å². The van der Waals surface area contributed by atoms with E-state index in [-0.39, 0.29) is 0 Å². The third-order valence-electron chi connectivity index (χ3n) is 2.36. The highest BCUT2D eigenvalue weighted by molar-refractivity contribution is 7.09. The zero-order chi connectivity index (χ0) is 11.2. The summed E-state index contributed by atoms with van der Waals surface area (Å²) in [5, 5.41) is 3.26. The Bertz CT molecular complexity index is 425. The average Bonchev–Trinajstić information content (AvgIpc) is 2.76. The highest BCUT2D eigenvalue weighted by atomic mass is 32.1. The van der Waals surface area contributed by atoms with Crippen LogP contribution < -0.4 is 0 Å². The molecule has 0 amide bonds.